The molecule has 0 fully saturated rings. The second kappa shape index (κ2) is 8.50. The monoisotopic (exact) mass is 402 g/mol. The number of hydrogen-bond acceptors (Lipinski definition) is 7. The minimum Gasteiger partial charge on any atom is -0.491 e. The van der Waals surface area contributed by atoms with Crippen molar-refractivity contribution in [3.8, 4) is 5.75 Å². The predicted molar refractivity (Wildman–Crippen MR) is 110 cm³/mol. The van der Waals surface area contributed by atoms with E-state index >= 15 is 0 Å². The molecule has 29 heavy (non-hydrogen) atoms. The van der Waals surface area contributed by atoms with E-state index in [4.69, 9.17) is 10.5 Å². The Kier molecular flexibility index (Phi) is 6.04. The summed E-state index contributed by atoms with van der Waals surface area (Å²) in [4.78, 5) is 29.3. The molecule has 156 valence electrons. The highest BCUT2D eigenvalue weighted by Crippen LogP contribution is 2.17. The van der Waals surface area contributed by atoms with Crippen LogP contribution < -0.4 is 27.0 Å². The average molecular weight is 402 g/mol. The summed E-state index contributed by atoms with van der Waals surface area (Å²) in [6, 6.07) is 7.51. The third-order valence-corrected chi connectivity index (χ3v) is 4.60. The van der Waals surface area contributed by atoms with Crippen LogP contribution in [-0.4, -0.2) is 49.6 Å². The molecule has 1 atom stereocenters. The van der Waals surface area contributed by atoms with Crippen LogP contribution in [0.15, 0.2) is 33.9 Å². The number of benzene rings is 1. The van der Waals surface area contributed by atoms with Crippen LogP contribution in [-0.2, 0) is 20.6 Å². The van der Waals surface area contributed by atoms with Gasteiger partial charge in [0.05, 0.1) is 6.54 Å². The number of hydrogen-bond donors (Lipinski definition) is 3. The van der Waals surface area contributed by atoms with Gasteiger partial charge in [0.15, 0.2) is 11.2 Å². The zero-order chi connectivity index (χ0) is 21.1. The number of nitrogens with two attached hydrogens (primary N) is 1. The summed E-state index contributed by atoms with van der Waals surface area (Å²) in [6.07, 6.45) is -0.909. The van der Waals surface area contributed by atoms with Crippen LogP contribution in [0.1, 0.15) is 5.56 Å². The molecule has 4 N–H and O–H groups in total. The Bertz CT molecular complexity index is 1130. The van der Waals surface area contributed by atoms with Gasteiger partial charge in [-0.15, -0.1) is 0 Å². The SMILES string of the molecule is Cc1cccc(OC[C@H](O)Cn2c(NCCN)nc3c2c(=O)n(C)c(=O)n3C)c1. The molecule has 0 aliphatic heterocycles. The Morgan fingerprint density at radius 2 is 2.03 bits per heavy atom. The normalized spacial score (nSPS) is 12.3. The molecule has 0 aliphatic carbocycles. The van der Waals surface area contributed by atoms with E-state index in [1.54, 1.807) is 11.6 Å². The number of aliphatic hydroxyl groups is 1. The zero-order valence-electron chi connectivity index (χ0n) is 16.8. The summed E-state index contributed by atoms with van der Waals surface area (Å²) in [7, 11) is 2.96. The fourth-order valence-electron chi connectivity index (χ4n) is 3.10. The van der Waals surface area contributed by atoms with Gasteiger partial charge in [0, 0.05) is 27.2 Å². The van der Waals surface area contributed by atoms with Crippen molar-refractivity contribution in [3.63, 3.8) is 0 Å². The van der Waals surface area contributed by atoms with Crippen molar-refractivity contribution in [2.75, 3.05) is 25.0 Å². The van der Waals surface area contributed by atoms with Gasteiger partial charge in [-0.25, -0.2) is 4.79 Å². The van der Waals surface area contributed by atoms with Crippen molar-refractivity contribution in [1.29, 1.82) is 0 Å². The molecule has 10 heteroatoms. The van der Waals surface area contributed by atoms with Crippen LogP contribution in [0.25, 0.3) is 11.2 Å². The van der Waals surface area contributed by atoms with Crippen LogP contribution in [0.2, 0.25) is 0 Å². The van der Waals surface area contributed by atoms with E-state index < -0.39 is 17.4 Å². The lowest BCUT2D eigenvalue weighted by Crippen LogP contribution is -2.38. The average Bonchev–Trinajstić information content (AvgIpc) is 3.06. The topological polar surface area (TPSA) is 129 Å². The first-order valence-electron chi connectivity index (χ1n) is 9.31. The Balaban J connectivity index is 1.93. The predicted octanol–water partition coefficient (Wildman–Crippen LogP) is -0.447. The number of rotatable bonds is 8. The summed E-state index contributed by atoms with van der Waals surface area (Å²) in [5, 5.41) is 13.6. The molecule has 2 heterocycles. The molecule has 0 radical (unpaired) electrons. The summed E-state index contributed by atoms with van der Waals surface area (Å²) >= 11 is 0. The van der Waals surface area contributed by atoms with Gasteiger partial charge >= 0.3 is 5.69 Å². The molecular formula is C19H26N6O4. The van der Waals surface area contributed by atoms with Gasteiger partial charge in [0.2, 0.25) is 5.95 Å². The molecule has 0 saturated carbocycles. The number of nitrogens with one attached hydrogen (secondary N) is 1. The molecular weight excluding hydrogens is 376 g/mol. The van der Waals surface area contributed by atoms with Crippen molar-refractivity contribution < 1.29 is 9.84 Å². The largest absolute Gasteiger partial charge is 0.491 e. The number of aliphatic hydroxyl groups excluding tert-OH is 1. The minimum absolute atomic E-state index is 0.0333. The number of nitrogens with zero attached hydrogens (tertiary/aromatic N) is 4. The highest BCUT2D eigenvalue weighted by atomic mass is 16.5. The summed E-state index contributed by atoms with van der Waals surface area (Å²) in [6.45, 7) is 2.83. The molecule has 10 nitrogen and oxygen atoms in total. The quantitative estimate of drug-likeness (QED) is 0.465. The number of imidazole rings is 1. The molecule has 0 bridgehead atoms. The van der Waals surface area contributed by atoms with Crippen LogP contribution in [0.5, 0.6) is 5.75 Å². The van der Waals surface area contributed by atoms with Gasteiger partial charge in [-0.1, -0.05) is 12.1 Å². The van der Waals surface area contributed by atoms with E-state index in [9.17, 15) is 14.7 Å². The fraction of sp³-hybridized carbons (Fsp3) is 0.421. The van der Waals surface area contributed by atoms with Crippen molar-refractivity contribution in [2.24, 2.45) is 19.8 Å². The number of fused-ring (bicyclic) bond motifs is 1. The molecule has 1 aromatic carbocycles. The zero-order valence-corrected chi connectivity index (χ0v) is 16.8. The molecule has 0 spiro atoms. The molecule has 0 saturated heterocycles. The third-order valence-electron chi connectivity index (χ3n) is 4.60. The second-order valence-corrected chi connectivity index (χ2v) is 6.92. The van der Waals surface area contributed by atoms with Gasteiger partial charge in [0.25, 0.3) is 5.56 Å². The molecule has 3 aromatic rings. The smallest absolute Gasteiger partial charge is 0.332 e. The standard InChI is InChI=1S/C19H26N6O4/c1-12-5-4-6-14(9-12)29-11-13(26)10-25-15-16(22-18(25)21-8-7-20)23(2)19(28)24(3)17(15)27/h4-6,9,13,26H,7-8,10-11,20H2,1-3H3,(H,21,22)/t13-/m1/s1. The molecule has 3 rings (SSSR count). The Morgan fingerprint density at radius 3 is 2.72 bits per heavy atom. The fourth-order valence-corrected chi connectivity index (χ4v) is 3.10. The van der Waals surface area contributed by atoms with Crippen molar-refractivity contribution in [2.45, 2.75) is 19.6 Å². The summed E-state index contributed by atoms with van der Waals surface area (Å²) in [5.41, 5.74) is 6.13. The van der Waals surface area contributed by atoms with Crippen LogP contribution in [0.3, 0.4) is 0 Å². The maximum Gasteiger partial charge on any atom is 0.332 e. The van der Waals surface area contributed by atoms with E-state index in [1.807, 2.05) is 31.2 Å². The van der Waals surface area contributed by atoms with Gasteiger partial charge < -0.3 is 25.5 Å². The number of anilines is 1. The first-order chi connectivity index (χ1) is 13.8. The lowest BCUT2D eigenvalue weighted by molar-refractivity contribution is 0.0938. The van der Waals surface area contributed by atoms with Gasteiger partial charge in [-0.3, -0.25) is 13.9 Å². The van der Waals surface area contributed by atoms with Crippen LogP contribution >= 0.6 is 0 Å². The van der Waals surface area contributed by atoms with E-state index in [0.717, 1.165) is 10.1 Å². The first-order valence-corrected chi connectivity index (χ1v) is 9.31. The minimum atomic E-state index is -0.909. The molecule has 0 amide bonds. The number of ether oxygens (including phenoxy) is 1. The molecule has 2 aromatic heterocycles. The van der Waals surface area contributed by atoms with Gasteiger partial charge in [-0.05, 0) is 24.6 Å². The van der Waals surface area contributed by atoms with Gasteiger partial charge in [0.1, 0.15) is 18.5 Å². The second-order valence-electron chi connectivity index (χ2n) is 6.92. The Morgan fingerprint density at radius 1 is 1.28 bits per heavy atom. The first kappa shape index (κ1) is 20.6. The Labute approximate surface area is 167 Å². The lowest BCUT2D eigenvalue weighted by atomic mass is 10.2. The van der Waals surface area contributed by atoms with E-state index in [2.05, 4.69) is 10.3 Å². The van der Waals surface area contributed by atoms with Crippen LogP contribution in [0.4, 0.5) is 5.95 Å². The van der Waals surface area contributed by atoms with E-state index in [1.165, 1.54) is 11.6 Å². The molecule has 0 aliphatic rings. The highest BCUT2D eigenvalue weighted by Gasteiger charge is 2.21. The Hall–Kier alpha value is -3.11. The maximum absolute atomic E-state index is 12.7. The highest BCUT2D eigenvalue weighted by molar-refractivity contribution is 5.74. The molecule has 0 unspecified atom stereocenters. The summed E-state index contributed by atoms with van der Waals surface area (Å²) in [5.74, 6) is 1.01. The van der Waals surface area contributed by atoms with Gasteiger partial charge in [-0.2, -0.15) is 4.98 Å². The van der Waals surface area contributed by atoms with E-state index in [-0.39, 0.29) is 24.3 Å². The van der Waals surface area contributed by atoms with Crippen molar-refractivity contribution in [3.05, 3.63) is 50.7 Å². The third kappa shape index (κ3) is 4.17. The lowest BCUT2D eigenvalue weighted by Gasteiger charge is -2.16. The summed E-state index contributed by atoms with van der Waals surface area (Å²) < 4.78 is 9.55. The number of aromatic nitrogens is 4. The van der Waals surface area contributed by atoms with E-state index in [0.29, 0.717) is 24.8 Å². The maximum atomic E-state index is 12.7. The van der Waals surface area contributed by atoms with Crippen LogP contribution in [0, 0.1) is 6.92 Å². The number of aryl methyl sites for hydroxylation is 2. The van der Waals surface area contributed by atoms with Crippen molar-refractivity contribution >= 4 is 17.1 Å². The van der Waals surface area contributed by atoms with Crippen molar-refractivity contribution in [1.82, 2.24) is 18.7 Å².